The van der Waals surface area contributed by atoms with E-state index in [1.54, 1.807) is 18.5 Å². The number of ether oxygens (including phenoxy) is 1. The van der Waals surface area contributed by atoms with Crippen molar-refractivity contribution in [1.29, 1.82) is 0 Å². The summed E-state index contributed by atoms with van der Waals surface area (Å²) in [6.07, 6.45) is 11.6. The monoisotopic (exact) mass is 717 g/mol. The normalized spacial score (nSPS) is 17.9. The Bertz CT molecular complexity index is 1820. The second-order valence-electron chi connectivity index (χ2n) is 11.7. The van der Waals surface area contributed by atoms with Crippen LogP contribution >= 0.6 is 0 Å². The fourth-order valence-corrected chi connectivity index (χ4v) is 5.72. The second kappa shape index (κ2) is 18.6. The molecule has 4 aromatic rings. The van der Waals surface area contributed by atoms with Gasteiger partial charge in [-0.3, -0.25) is 4.90 Å². The van der Waals surface area contributed by atoms with Crippen molar-refractivity contribution in [2.75, 3.05) is 39.0 Å². The summed E-state index contributed by atoms with van der Waals surface area (Å²) in [5.74, 6) is -3.93. The molecule has 4 heterocycles. The Balaban J connectivity index is 0.000000317. The number of aliphatic carboxylic acids is 4. The highest BCUT2D eigenvalue weighted by atomic mass is 16.5. The van der Waals surface area contributed by atoms with Crippen LogP contribution in [-0.2, 0) is 19.2 Å². The summed E-state index contributed by atoms with van der Waals surface area (Å²) in [6.45, 7) is 4.65. The highest BCUT2D eigenvalue weighted by Gasteiger charge is 2.30. The Morgan fingerprint density at radius 1 is 0.750 bits per heavy atom. The van der Waals surface area contributed by atoms with Crippen LogP contribution in [0.25, 0.3) is 22.3 Å². The molecule has 0 atom stereocenters. The van der Waals surface area contributed by atoms with Gasteiger partial charge in [0.2, 0.25) is 0 Å². The number of carboxylic acids is 4. The van der Waals surface area contributed by atoms with Gasteiger partial charge in [-0.15, -0.1) is 0 Å². The van der Waals surface area contributed by atoms with Crippen molar-refractivity contribution in [1.82, 2.24) is 39.5 Å². The molecule has 1 saturated heterocycles. The minimum Gasteiger partial charge on any atom is -0.478 e. The molecule has 0 bridgehead atoms. The number of anilines is 1. The topological polar surface area (TPSA) is 260 Å². The highest BCUT2D eigenvalue weighted by Crippen LogP contribution is 2.37. The molecule has 2 aliphatic rings. The molecule has 18 heteroatoms. The van der Waals surface area contributed by atoms with E-state index in [0.29, 0.717) is 54.0 Å². The van der Waals surface area contributed by atoms with E-state index in [1.807, 2.05) is 24.3 Å². The van der Waals surface area contributed by atoms with Gasteiger partial charge in [-0.05, 0) is 63.1 Å². The van der Waals surface area contributed by atoms with Crippen LogP contribution in [0.15, 0.2) is 73.4 Å². The largest absolute Gasteiger partial charge is 0.478 e. The average molecular weight is 718 g/mol. The number of hydrogen-bond acceptors (Lipinski definition) is 13. The lowest BCUT2D eigenvalue weighted by molar-refractivity contribution is -0.134. The Kier molecular flexibility index (Phi) is 13.8. The number of benzene rings is 1. The number of nitrogen functional groups attached to an aromatic ring is 1. The highest BCUT2D eigenvalue weighted by molar-refractivity contribution is 5.98. The zero-order valence-electron chi connectivity index (χ0n) is 28.2. The fourth-order valence-electron chi connectivity index (χ4n) is 5.72. The van der Waals surface area contributed by atoms with Gasteiger partial charge in [0.1, 0.15) is 23.6 Å². The van der Waals surface area contributed by atoms with Gasteiger partial charge in [0.25, 0.3) is 0 Å². The number of carboxylic acid groups (broad SMARTS) is 4. The quantitative estimate of drug-likeness (QED) is 0.156. The maximum atomic E-state index is 9.55. The van der Waals surface area contributed by atoms with Crippen molar-refractivity contribution in [3.8, 4) is 23.0 Å². The number of nitrogens with zero attached hydrogens (tertiary/aromatic N) is 8. The molecule has 18 nitrogen and oxygen atoms in total. The van der Waals surface area contributed by atoms with Crippen molar-refractivity contribution in [2.45, 2.75) is 37.8 Å². The molecule has 0 amide bonds. The van der Waals surface area contributed by atoms with Gasteiger partial charge in [0.05, 0.1) is 11.4 Å². The van der Waals surface area contributed by atoms with Gasteiger partial charge < -0.3 is 35.8 Å². The third-order valence-electron chi connectivity index (χ3n) is 8.20. The summed E-state index contributed by atoms with van der Waals surface area (Å²) in [5.41, 5.74) is 8.88. The number of piperazine rings is 1. The van der Waals surface area contributed by atoms with Crippen LogP contribution in [0.1, 0.15) is 31.7 Å². The van der Waals surface area contributed by atoms with Crippen LogP contribution in [-0.4, -0.2) is 123 Å². The van der Waals surface area contributed by atoms with Gasteiger partial charge in [-0.1, -0.05) is 0 Å². The molecule has 2 fully saturated rings. The molecule has 0 spiro atoms. The molecule has 1 aliphatic heterocycles. The predicted octanol–water partition coefficient (Wildman–Crippen LogP) is 2.81. The zero-order valence-corrected chi connectivity index (χ0v) is 28.2. The van der Waals surface area contributed by atoms with Crippen molar-refractivity contribution >= 4 is 40.7 Å². The molecule has 1 saturated carbocycles. The summed E-state index contributed by atoms with van der Waals surface area (Å²) >= 11 is 0. The average Bonchev–Trinajstić information content (AvgIpc) is 3.53. The Morgan fingerprint density at radius 2 is 1.27 bits per heavy atom. The standard InChI is InChI=1S/C26H31N9O.2C4H4O4/c1-33-13-15-34(16-14-33)19-5-7-20(8-6-19)35-25-22(24(27)30-17-31-25)23(32-35)18-3-9-21(10-4-18)36-26-28-11-2-12-29-26;2*5-3(6)1-2-4(7)8/h2-4,9-12,17,19-20H,5-8,13-16H2,1H3,(H2,27,30,31);2*1-2H,(H,5,6)(H,7,8)/b;2*2-1-. The fraction of sp³-hybridized carbons (Fsp3) is 0.324. The van der Waals surface area contributed by atoms with E-state index < -0.39 is 23.9 Å². The van der Waals surface area contributed by atoms with Crippen molar-refractivity contribution in [3.63, 3.8) is 0 Å². The first-order chi connectivity index (χ1) is 24.9. The molecule has 0 unspecified atom stereocenters. The third-order valence-corrected chi connectivity index (χ3v) is 8.20. The van der Waals surface area contributed by atoms with Gasteiger partial charge in [-0.2, -0.15) is 5.10 Å². The van der Waals surface area contributed by atoms with E-state index in [9.17, 15) is 19.2 Å². The lowest BCUT2D eigenvalue weighted by Crippen LogP contribution is -2.49. The predicted molar refractivity (Wildman–Crippen MR) is 186 cm³/mol. The minimum atomic E-state index is -1.26. The van der Waals surface area contributed by atoms with Crippen LogP contribution in [0, 0.1) is 0 Å². The van der Waals surface area contributed by atoms with E-state index in [1.165, 1.54) is 32.3 Å². The summed E-state index contributed by atoms with van der Waals surface area (Å²) in [5, 5.41) is 37.1. The van der Waals surface area contributed by atoms with Crippen LogP contribution in [0.5, 0.6) is 11.8 Å². The summed E-state index contributed by atoms with van der Waals surface area (Å²) < 4.78 is 7.83. The van der Waals surface area contributed by atoms with Crippen LogP contribution in [0.2, 0.25) is 0 Å². The number of fused-ring (bicyclic) bond motifs is 1. The number of carbonyl (C=O) groups is 4. The van der Waals surface area contributed by atoms with Gasteiger partial charge >= 0.3 is 29.9 Å². The van der Waals surface area contributed by atoms with Crippen LogP contribution in [0.3, 0.4) is 0 Å². The molecular formula is C34H39N9O9. The van der Waals surface area contributed by atoms with E-state index in [4.69, 9.17) is 36.0 Å². The van der Waals surface area contributed by atoms with Crippen LogP contribution < -0.4 is 10.5 Å². The van der Waals surface area contributed by atoms with E-state index >= 15 is 0 Å². The summed E-state index contributed by atoms with van der Waals surface area (Å²) in [6, 6.07) is 10.7. The smallest absolute Gasteiger partial charge is 0.328 e. The first kappa shape index (κ1) is 38.5. The minimum absolute atomic E-state index is 0.303. The maximum absolute atomic E-state index is 9.55. The Morgan fingerprint density at radius 3 is 1.79 bits per heavy atom. The summed E-state index contributed by atoms with van der Waals surface area (Å²) in [4.78, 5) is 60.4. The third kappa shape index (κ3) is 11.4. The van der Waals surface area contributed by atoms with E-state index in [2.05, 4.69) is 41.5 Å². The lowest BCUT2D eigenvalue weighted by Gasteiger charge is -2.41. The molecule has 3 aromatic heterocycles. The van der Waals surface area contributed by atoms with Gasteiger partial charge in [0, 0.05) is 74.5 Å². The van der Waals surface area contributed by atoms with Crippen LogP contribution in [0.4, 0.5) is 5.82 Å². The molecule has 1 aromatic carbocycles. The van der Waals surface area contributed by atoms with Crippen molar-refractivity contribution in [3.05, 3.63) is 73.4 Å². The lowest BCUT2D eigenvalue weighted by atomic mass is 9.90. The molecular weight excluding hydrogens is 678 g/mol. The van der Waals surface area contributed by atoms with Crippen molar-refractivity contribution < 1.29 is 44.3 Å². The first-order valence-electron chi connectivity index (χ1n) is 16.2. The number of nitrogens with two attached hydrogens (primary N) is 1. The maximum Gasteiger partial charge on any atom is 0.328 e. The van der Waals surface area contributed by atoms with Gasteiger partial charge in [0.15, 0.2) is 5.65 Å². The number of likely N-dealkylation sites (N-methyl/N-ethyl adjacent to an activating group) is 1. The second-order valence-corrected chi connectivity index (χ2v) is 11.7. The summed E-state index contributed by atoms with van der Waals surface area (Å²) in [7, 11) is 2.21. The Hall–Kier alpha value is -6.27. The van der Waals surface area contributed by atoms with Crippen molar-refractivity contribution in [2.24, 2.45) is 0 Å². The molecule has 6 N–H and O–H groups in total. The molecule has 1 aliphatic carbocycles. The first-order valence-corrected chi connectivity index (χ1v) is 16.2. The molecule has 52 heavy (non-hydrogen) atoms. The number of hydrogen-bond donors (Lipinski definition) is 5. The number of aromatic nitrogens is 6. The van der Waals surface area contributed by atoms with Gasteiger partial charge in [-0.25, -0.2) is 43.8 Å². The SMILES string of the molecule is CN1CCN(C2CCC(n3nc(-c4ccc(Oc5ncccn5)cc4)c4c(N)ncnc43)CC2)CC1.O=C(O)/C=C\C(=O)O.O=C(O)/C=C\C(=O)O. The number of rotatable bonds is 9. The van der Waals surface area contributed by atoms with E-state index in [-0.39, 0.29) is 0 Å². The molecule has 274 valence electrons. The Labute approximate surface area is 297 Å². The van der Waals surface area contributed by atoms with E-state index in [0.717, 1.165) is 48.2 Å². The zero-order chi connectivity index (χ0) is 37.6. The molecule has 0 radical (unpaired) electrons. The molecule has 6 rings (SSSR count).